The summed E-state index contributed by atoms with van der Waals surface area (Å²) in [5.74, 6) is -2.25. The summed E-state index contributed by atoms with van der Waals surface area (Å²) in [6.45, 7) is 5.09. The third-order valence-corrected chi connectivity index (χ3v) is 11.2. The first-order chi connectivity index (χ1) is 12.6. The molecule has 0 amide bonds. The number of hydrogen-bond donors (Lipinski definition) is 0. The summed E-state index contributed by atoms with van der Waals surface area (Å²) >= 11 is 7.74. The number of para-hydroxylation sites is 1. The molecule has 1 nitrogen and oxygen atoms in total. The van der Waals surface area contributed by atoms with Gasteiger partial charge >= 0.3 is 162 Å². The van der Waals surface area contributed by atoms with Crippen molar-refractivity contribution < 1.29 is 4.74 Å². The standard InChI is InChI=1S/C23H26ClOP/c1-3-4-19-25-22-17-11-12-18-23(22)26(2,24,20-13-7-5-8-14-20)21-15-9-6-10-16-21/h5-18H,3-4,19H2,1-2H3. The van der Waals surface area contributed by atoms with Crippen molar-refractivity contribution in [2.45, 2.75) is 19.8 Å². The number of halogens is 1. The van der Waals surface area contributed by atoms with E-state index in [1.54, 1.807) is 0 Å². The molecular formula is C23H26ClOP. The number of hydrogen-bond acceptors (Lipinski definition) is 1. The molecule has 0 fully saturated rings. The molecule has 0 N–H and O–H groups in total. The summed E-state index contributed by atoms with van der Waals surface area (Å²) in [7, 11) is 0. The van der Waals surface area contributed by atoms with E-state index in [0.717, 1.165) is 34.5 Å². The normalized spacial score (nSPS) is 13.0. The quantitative estimate of drug-likeness (QED) is 0.387. The van der Waals surface area contributed by atoms with Gasteiger partial charge < -0.3 is 0 Å². The maximum atomic E-state index is 7.74. The first-order valence-electron chi connectivity index (χ1n) is 9.14. The summed E-state index contributed by atoms with van der Waals surface area (Å²) in [6.07, 6.45) is 2.14. The average Bonchev–Trinajstić information content (AvgIpc) is 2.70. The topological polar surface area (TPSA) is 9.23 Å². The van der Waals surface area contributed by atoms with Crippen molar-refractivity contribution in [2.24, 2.45) is 0 Å². The van der Waals surface area contributed by atoms with Gasteiger partial charge in [-0.25, -0.2) is 0 Å². The second kappa shape index (κ2) is 7.82. The molecule has 26 heavy (non-hydrogen) atoms. The molecule has 0 unspecified atom stereocenters. The Hall–Kier alpha value is -1.82. The van der Waals surface area contributed by atoms with Gasteiger partial charge in [0.05, 0.1) is 0 Å². The van der Waals surface area contributed by atoms with Gasteiger partial charge in [0.1, 0.15) is 0 Å². The van der Waals surface area contributed by atoms with Crippen LogP contribution in [0.2, 0.25) is 0 Å². The molecule has 0 radical (unpaired) electrons. The SMILES string of the molecule is CCCCOc1ccccc1P(C)(Cl)(c1ccccc1)c1ccccc1. The number of ether oxygens (including phenoxy) is 1. The summed E-state index contributed by atoms with van der Waals surface area (Å²) in [5.41, 5.74) is 0. The van der Waals surface area contributed by atoms with Gasteiger partial charge in [0, 0.05) is 0 Å². The number of rotatable bonds is 7. The first kappa shape index (κ1) is 19.0. The van der Waals surface area contributed by atoms with Crippen molar-refractivity contribution in [2.75, 3.05) is 13.3 Å². The fourth-order valence-electron chi connectivity index (χ4n) is 3.34. The van der Waals surface area contributed by atoms with Gasteiger partial charge in [0.25, 0.3) is 0 Å². The Labute approximate surface area is 161 Å². The third-order valence-electron chi connectivity index (χ3n) is 4.93. The Kier molecular flexibility index (Phi) is 5.70. The molecule has 0 saturated carbocycles. The maximum absolute atomic E-state index is 7.74. The predicted octanol–water partition coefficient (Wildman–Crippen LogP) is 5.48. The summed E-state index contributed by atoms with van der Waals surface area (Å²) in [6, 6.07) is 29.1. The van der Waals surface area contributed by atoms with Crippen LogP contribution >= 0.6 is 17.2 Å². The van der Waals surface area contributed by atoms with Crippen LogP contribution in [0.1, 0.15) is 19.8 Å². The Bertz CT molecular complexity index is 803. The van der Waals surface area contributed by atoms with Crippen molar-refractivity contribution in [1.29, 1.82) is 0 Å². The van der Waals surface area contributed by atoms with E-state index in [0.29, 0.717) is 6.61 Å². The van der Waals surface area contributed by atoms with E-state index < -0.39 is 5.96 Å². The third kappa shape index (κ3) is 3.39. The van der Waals surface area contributed by atoms with Crippen LogP contribution in [0.5, 0.6) is 5.75 Å². The second-order valence-electron chi connectivity index (χ2n) is 6.77. The zero-order valence-electron chi connectivity index (χ0n) is 15.4. The van der Waals surface area contributed by atoms with Gasteiger partial charge in [0.2, 0.25) is 0 Å². The van der Waals surface area contributed by atoms with E-state index >= 15 is 0 Å². The molecule has 3 aromatic rings. The van der Waals surface area contributed by atoms with Gasteiger partial charge in [0.15, 0.2) is 0 Å². The van der Waals surface area contributed by atoms with Crippen LogP contribution in [0.3, 0.4) is 0 Å². The van der Waals surface area contributed by atoms with Gasteiger partial charge in [-0.05, 0) is 0 Å². The number of benzene rings is 3. The Morgan fingerprint density at radius 2 is 1.27 bits per heavy atom. The molecule has 136 valence electrons. The fraction of sp³-hybridized carbons (Fsp3) is 0.217. The molecular weight excluding hydrogens is 359 g/mol. The molecule has 0 aliphatic carbocycles. The number of unbranched alkanes of at least 4 members (excludes halogenated alkanes) is 1. The molecule has 3 heteroatoms. The second-order valence-corrected chi connectivity index (χ2v) is 13.7. The van der Waals surface area contributed by atoms with E-state index in [2.05, 4.69) is 74.3 Å². The minimum absolute atomic E-state index is 0.709. The van der Waals surface area contributed by atoms with Gasteiger partial charge in [-0.2, -0.15) is 0 Å². The van der Waals surface area contributed by atoms with E-state index in [1.165, 1.54) is 0 Å². The zero-order valence-corrected chi connectivity index (χ0v) is 17.1. The van der Waals surface area contributed by atoms with Crippen molar-refractivity contribution in [3.8, 4) is 5.75 Å². The van der Waals surface area contributed by atoms with Crippen molar-refractivity contribution in [3.63, 3.8) is 0 Å². The van der Waals surface area contributed by atoms with Gasteiger partial charge in [-0.1, -0.05) is 0 Å². The van der Waals surface area contributed by atoms with E-state index in [9.17, 15) is 0 Å². The minimum atomic E-state index is -3.14. The van der Waals surface area contributed by atoms with Crippen LogP contribution in [-0.4, -0.2) is 13.3 Å². The van der Waals surface area contributed by atoms with E-state index in [1.807, 2.05) is 24.3 Å². The van der Waals surface area contributed by atoms with E-state index in [-0.39, 0.29) is 0 Å². The first-order valence-corrected chi connectivity index (χ1v) is 12.7. The Morgan fingerprint density at radius 3 is 1.81 bits per heavy atom. The van der Waals surface area contributed by atoms with Crippen LogP contribution in [0.15, 0.2) is 84.9 Å². The summed E-state index contributed by atoms with van der Waals surface area (Å²) in [4.78, 5) is 0. The zero-order chi connectivity index (χ0) is 18.5. The molecule has 3 aromatic carbocycles. The van der Waals surface area contributed by atoms with Gasteiger partial charge in [-0.3, -0.25) is 0 Å². The summed E-state index contributed by atoms with van der Waals surface area (Å²) in [5, 5.41) is 3.39. The monoisotopic (exact) mass is 384 g/mol. The molecule has 3 rings (SSSR count). The van der Waals surface area contributed by atoms with Crippen LogP contribution < -0.4 is 20.7 Å². The molecule has 0 aromatic heterocycles. The molecule has 0 saturated heterocycles. The van der Waals surface area contributed by atoms with Crippen LogP contribution in [0.25, 0.3) is 0 Å². The van der Waals surface area contributed by atoms with Crippen LogP contribution in [0.4, 0.5) is 0 Å². The molecule has 0 aliphatic rings. The van der Waals surface area contributed by atoms with E-state index in [4.69, 9.17) is 16.0 Å². The Balaban J connectivity index is 2.24. The van der Waals surface area contributed by atoms with Crippen LogP contribution in [0, 0.1) is 0 Å². The molecule has 0 atom stereocenters. The molecule has 0 bridgehead atoms. The molecule has 0 aliphatic heterocycles. The predicted molar refractivity (Wildman–Crippen MR) is 117 cm³/mol. The van der Waals surface area contributed by atoms with Crippen molar-refractivity contribution in [1.82, 2.24) is 0 Å². The van der Waals surface area contributed by atoms with Crippen molar-refractivity contribution in [3.05, 3.63) is 84.9 Å². The van der Waals surface area contributed by atoms with Crippen LogP contribution in [-0.2, 0) is 0 Å². The fourth-order valence-corrected chi connectivity index (χ4v) is 8.15. The van der Waals surface area contributed by atoms with Crippen molar-refractivity contribution >= 4 is 33.1 Å². The molecule has 0 heterocycles. The molecule has 0 spiro atoms. The average molecular weight is 385 g/mol. The summed E-state index contributed by atoms with van der Waals surface area (Å²) < 4.78 is 6.18. The Morgan fingerprint density at radius 1 is 0.769 bits per heavy atom. The van der Waals surface area contributed by atoms with Gasteiger partial charge in [-0.15, -0.1) is 0 Å².